The summed E-state index contributed by atoms with van der Waals surface area (Å²) in [7, 11) is 0. The molecule has 0 aliphatic carbocycles. The number of pyridine rings is 1. The molecule has 4 rings (SSSR count). The summed E-state index contributed by atoms with van der Waals surface area (Å²) >= 11 is 0. The standard InChI is InChI=1S/C23H20N4O2/c1-16-6-5-9-18(12-16)21-11-10-20(23(29)26-21)22(28)25-19-13-24-27(15-19)14-17-7-3-2-4-8-17/h2-13,15H,14H2,1H3,(H,25,28)(H,26,29). The van der Waals surface area contributed by atoms with E-state index in [4.69, 9.17) is 0 Å². The molecular formula is C23H20N4O2. The number of rotatable bonds is 5. The lowest BCUT2D eigenvalue weighted by Crippen LogP contribution is -2.23. The van der Waals surface area contributed by atoms with Gasteiger partial charge in [-0.05, 0) is 36.2 Å². The maximum Gasteiger partial charge on any atom is 0.261 e. The second kappa shape index (κ2) is 7.98. The Morgan fingerprint density at radius 3 is 2.66 bits per heavy atom. The Morgan fingerprint density at radius 2 is 1.90 bits per heavy atom. The molecule has 0 bridgehead atoms. The molecule has 2 N–H and O–H groups in total. The molecule has 144 valence electrons. The van der Waals surface area contributed by atoms with Gasteiger partial charge in [-0.2, -0.15) is 5.10 Å². The highest BCUT2D eigenvalue weighted by atomic mass is 16.2. The van der Waals surface area contributed by atoms with E-state index in [0.29, 0.717) is 17.9 Å². The highest BCUT2D eigenvalue weighted by molar-refractivity contribution is 6.04. The third-order valence-corrected chi connectivity index (χ3v) is 4.56. The van der Waals surface area contributed by atoms with Crippen molar-refractivity contribution in [2.75, 3.05) is 5.32 Å². The van der Waals surface area contributed by atoms with Gasteiger partial charge in [-0.3, -0.25) is 14.3 Å². The summed E-state index contributed by atoms with van der Waals surface area (Å²) in [5.74, 6) is -0.471. The molecule has 2 aromatic carbocycles. The minimum atomic E-state index is -0.471. The first-order valence-corrected chi connectivity index (χ1v) is 9.26. The molecule has 0 aliphatic heterocycles. The minimum absolute atomic E-state index is 0.0530. The lowest BCUT2D eigenvalue weighted by Gasteiger charge is -2.06. The van der Waals surface area contributed by atoms with Crippen molar-refractivity contribution in [3.05, 3.63) is 106 Å². The summed E-state index contributed by atoms with van der Waals surface area (Å²) in [6.07, 6.45) is 3.30. The number of benzene rings is 2. The fourth-order valence-corrected chi connectivity index (χ4v) is 3.12. The molecule has 0 aliphatic rings. The summed E-state index contributed by atoms with van der Waals surface area (Å²) in [5.41, 5.74) is 3.93. The number of aryl methyl sites for hydroxylation is 1. The average molecular weight is 384 g/mol. The zero-order valence-electron chi connectivity index (χ0n) is 15.9. The summed E-state index contributed by atoms with van der Waals surface area (Å²) in [4.78, 5) is 27.8. The second-order valence-electron chi connectivity index (χ2n) is 6.85. The number of aromatic amines is 1. The van der Waals surface area contributed by atoms with Crippen molar-refractivity contribution in [3.8, 4) is 11.3 Å². The van der Waals surface area contributed by atoms with Crippen LogP contribution in [0.5, 0.6) is 0 Å². The van der Waals surface area contributed by atoms with E-state index in [2.05, 4.69) is 15.4 Å². The fraction of sp³-hybridized carbons (Fsp3) is 0.0870. The number of carbonyl (C=O) groups excluding carboxylic acids is 1. The van der Waals surface area contributed by atoms with Crippen LogP contribution in [0.4, 0.5) is 5.69 Å². The van der Waals surface area contributed by atoms with Crippen LogP contribution in [-0.2, 0) is 6.54 Å². The zero-order chi connectivity index (χ0) is 20.2. The number of carbonyl (C=O) groups is 1. The lowest BCUT2D eigenvalue weighted by molar-refractivity contribution is 0.102. The first-order chi connectivity index (χ1) is 14.1. The van der Waals surface area contributed by atoms with Gasteiger partial charge in [0.2, 0.25) is 0 Å². The number of amides is 1. The smallest absolute Gasteiger partial charge is 0.261 e. The van der Waals surface area contributed by atoms with Gasteiger partial charge in [0, 0.05) is 11.9 Å². The van der Waals surface area contributed by atoms with Crippen molar-refractivity contribution in [1.82, 2.24) is 14.8 Å². The Labute approximate surface area is 167 Å². The quantitative estimate of drug-likeness (QED) is 0.549. The molecule has 6 nitrogen and oxygen atoms in total. The number of aromatic nitrogens is 3. The van der Waals surface area contributed by atoms with Crippen LogP contribution in [0.15, 0.2) is 83.9 Å². The topological polar surface area (TPSA) is 79.8 Å². The lowest BCUT2D eigenvalue weighted by atomic mass is 10.1. The van der Waals surface area contributed by atoms with E-state index in [1.54, 1.807) is 29.2 Å². The molecule has 0 fully saturated rings. The van der Waals surface area contributed by atoms with E-state index in [-0.39, 0.29) is 5.56 Å². The van der Waals surface area contributed by atoms with Crippen LogP contribution in [0.3, 0.4) is 0 Å². The number of hydrogen-bond acceptors (Lipinski definition) is 3. The predicted molar refractivity (Wildman–Crippen MR) is 113 cm³/mol. The highest BCUT2D eigenvalue weighted by Gasteiger charge is 2.13. The van der Waals surface area contributed by atoms with Crippen LogP contribution in [0.1, 0.15) is 21.5 Å². The van der Waals surface area contributed by atoms with E-state index in [1.165, 1.54) is 0 Å². The summed E-state index contributed by atoms with van der Waals surface area (Å²) in [5, 5.41) is 6.99. The highest BCUT2D eigenvalue weighted by Crippen LogP contribution is 2.17. The SMILES string of the molecule is Cc1cccc(-c2ccc(C(=O)Nc3cnn(Cc4ccccc4)c3)c(=O)[nH]2)c1. The molecule has 0 radical (unpaired) electrons. The molecule has 4 aromatic rings. The Bertz CT molecular complexity index is 1210. The van der Waals surface area contributed by atoms with Gasteiger partial charge in [0.25, 0.3) is 11.5 Å². The van der Waals surface area contributed by atoms with Crippen LogP contribution in [0.2, 0.25) is 0 Å². The van der Waals surface area contributed by atoms with Crippen molar-refractivity contribution in [3.63, 3.8) is 0 Å². The third-order valence-electron chi connectivity index (χ3n) is 4.56. The maximum atomic E-state index is 12.5. The first kappa shape index (κ1) is 18.4. The van der Waals surface area contributed by atoms with E-state index < -0.39 is 11.5 Å². The van der Waals surface area contributed by atoms with Crippen molar-refractivity contribution >= 4 is 11.6 Å². The summed E-state index contributed by atoms with van der Waals surface area (Å²) < 4.78 is 1.73. The van der Waals surface area contributed by atoms with Crippen LogP contribution >= 0.6 is 0 Å². The van der Waals surface area contributed by atoms with Crippen molar-refractivity contribution in [2.24, 2.45) is 0 Å². The van der Waals surface area contributed by atoms with Gasteiger partial charge in [-0.25, -0.2) is 0 Å². The van der Waals surface area contributed by atoms with Crippen LogP contribution in [0, 0.1) is 6.92 Å². The van der Waals surface area contributed by atoms with Crippen LogP contribution in [-0.4, -0.2) is 20.7 Å². The van der Waals surface area contributed by atoms with Gasteiger partial charge in [-0.15, -0.1) is 0 Å². The average Bonchev–Trinajstić information content (AvgIpc) is 3.15. The molecule has 2 aromatic heterocycles. The van der Waals surface area contributed by atoms with E-state index in [0.717, 1.165) is 16.7 Å². The Kier molecular flexibility index (Phi) is 5.07. The molecule has 0 saturated carbocycles. The van der Waals surface area contributed by atoms with Crippen molar-refractivity contribution in [1.29, 1.82) is 0 Å². The Balaban J connectivity index is 1.48. The number of nitrogens with one attached hydrogen (secondary N) is 2. The number of H-pyrrole nitrogens is 1. The molecule has 0 saturated heterocycles. The normalized spacial score (nSPS) is 10.7. The number of hydrogen-bond donors (Lipinski definition) is 2. The van der Waals surface area contributed by atoms with E-state index in [9.17, 15) is 9.59 Å². The zero-order valence-corrected chi connectivity index (χ0v) is 15.9. The molecule has 2 heterocycles. The minimum Gasteiger partial charge on any atom is -0.321 e. The van der Waals surface area contributed by atoms with Gasteiger partial charge < -0.3 is 10.3 Å². The van der Waals surface area contributed by atoms with Gasteiger partial charge in [0.1, 0.15) is 5.56 Å². The molecular weight excluding hydrogens is 364 g/mol. The maximum absolute atomic E-state index is 12.5. The Hall–Kier alpha value is -3.93. The third kappa shape index (κ3) is 4.32. The van der Waals surface area contributed by atoms with E-state index >= 15 is 0 Å². The van der Waals surface area contributed by atoms with Gasteiger partial charge >= 0.3 is 0 Å². The molecule has 1 amide bonds. The summed E-state index contributed by atoms with van der Waals surface area (Å²) in [6, 6.07) is 21.0. The van der Waals surface area contributed by atoms with Crippen LogP contribution in [0.25, 0.3) is 11.3 Å². The Morgan fingerprint density at radius 1 is 1.07 bits per heavy atom. The fourth-order valence-electron chi connectivity index (χ4n) is 3.12. The van der Waals surface area contributed by atoms with Crippen molar-refractivity contribution in [2.45, 2.75) is 13.5 Å². The van der Waals surface area contributed by atoms with E-state index in [1.807, 2.05) is 61.5 Å². The second-order valence-corrected chi connectivity index (χ2v) is 6.85. The molecule has 0 spiro atoms. The predicted octanol–water partition coefficient (Wildman–Crippen LogP) is 3.85. The van der Waals surface area contributed by atoms with Crippen molar-refractivity contribution < 1.29 is 4.79 Å². The monoisotopic (exact) mass is 384 g/mol. The molecule has 0 atom stereocenters. The molecule has 0 unspecified atom stereocenters. The summed E-state index contributed by atoms with van der Waals surface area (Å²) in [6.45, 7) is 2.59. The number of nitrogens with zero attached hydrogens (tertiary/aromatic N) is 2. The van der Waals surface area contributed by atoms with Gasteiger partial charge in [0.15, 0.2) is 0 Å². The first-order valence-electron chi connectivity index (χ1n) is 9.26. The molecule has 6 heteroatoms. The van der Waals surface area contributed by atoms with Gasteiger partial charge in [0.05, 0.1) is 18.4 Å². The largest absolute Gasteiger partial charge is 0.321 e. The number of anilines is 1. The van der Waals surface area contributed by atoms with Crippen LogP contribution < -0.4 is 10.9 Å². The molecule has 29 heavy (non-hydrogen) atoms. The van der Waals surface area contributed by atoms with Gasteiger partial charge in [-0.1, -0.05) is 54.1 Å².